The molecule has 4 heteroatoms. The fourth-order valence-electron chi connectivity index (χ4n) is 0.665. The molecule has 0 aromatic heterocycles. The standard InChI is InChI=1S/C7H11Cl2NO/c1-2-7(11)10(5-3-8)6-4-9/h2H,1,3-6H2. The Morgan fingerprint density at radius 1 is 1.36 bits per heavy atom. The van der Waals surface area contributed by atoms with Crippen molar-refractivity contribution in [3.8, 4) is 0 Å². The molecule has 0 fully saturated rings. The van der Waals surface area contributed by atoms with Crippen LogP contribution in [-0.4, -0.2) is 35.7 Å². The van der Waals surface area contributed by atoms with Crippen molar-refractivity contribution < 1.29 is 4.79 Å². The van der Waals surface area contributed by atoms with Gasteiger partial charge in [0.2, 0.25) is 5.91 Å². The Bertz CT molecular complexity index is 132. The lowest BCUT2D eigenvalue weighted by Crippen LogP contribution is -2.32. The van der Waals surface area contributed by atoms with Gasteiger partial charge in [0.15, 0.2) is 0 Å². The van der Waals surface area contributed by atoms with E-state index in [1.165, 1.54) is 6.08 Å². The highest BCUT2D eigenvalue weighted by Gasteiger charge is 2.06. The van der Waals surface area contributed by atoms with Crippen molar-refractivity contribution in [1.82, 2.24) is 4.90 Å². The van der Waals surface area contributed by atoms with Gasteiger partial charge in [0, 0.05) is 24.8 Å². The van der Waals surface area contributed by atoms with E-state index in [0.29, 0.717) is 24.8 Å². The lowest BCUT2D eigenvalue weighted by Gasteiger charge is -2.17. The Balaban J connectivity index is 3.86. The summed E-state index contributed by atoms with van der Waals surface area (Å²) in [4.78, 5) is 12.5. The van der Waals surface area contributed by atoms with Crippen LogP contribution in [0.25, 0.3) is 0 Å². The number of nitrogens with zero attached hydrogens (tertiary/aromatic N) is 1. The maximum atomic E-state index is 11.0. The zero-order chi connectivity index (χ0) is 8.69. The molecule has 0 aromatic rings. The van der Waals surface area contributed by atoms with Crippen molar-refractivity contribution in [3.63, 3.8) is 0 Å². The number of hydrogen-bond donors (Lipinski definition) is 0. The van der Waals surface area contributed by atoms with Gasteiger partial charge in [-0.05, 0) is 6.08 Å². The zero-order valence-electron chi connectivity index (χ0n) is 6.22. The average molecular weight is 196 g/mol. The van der Waals surface area contributed by atoms with Crippen LogP contribution < -0.4 is 0 Å². The van der Waals surface area contributed by atoms with Crippen molar-refractivity contribution in [2.45, 2.75) is 0 Å². The number of alkyl halides is 2. The molecule has 0 rings (SSSR count). The van der Waals surface area contributed by atoms with Crippen LogP contribution in [0.5, 0.6) is 0 Å². The molecule has 0 saturated carbocycles. The van der Waals surface area contributed by atoms with Gasteiger partial charge in [-0.3, -0.25) is 4.79 Å². The van der Waals surface area contributed by atoms with Gasteiger partial charge in [0.25, 0.3) is 0 Å². The van der Waals surface area contributed by atoms with E-state index in [1.807, 2.05) is 0 Å². The average Bonchev–Trinajstić information content (AvgIpc) is 2.03. The zero-order valence-corrected chi connectivity index (χ0v) is 7.74. The van der Waals surface area contributed by atoms with E-state index in [1.54, 1.807) is 4.90 Å². The number of rotatable bonds is 5. The van der Waals surface area contributed by atoms with Crippen LogP contribution in [0, 0.1) is 0 Å². The highest BCUT2D eigenvalue weighted by atomic mass is 35.5. The van der Waals surface area contributed by atoms with Crippen LogP contribution in [-0.2, 0) is 4.79 Å². The molecule has 0 bridgehead atoms. The van der Waals surface area contributed by atoms with E-state index < -0.39 is 0 Å². The first-order valence-corrected chi connectivity index (χ1v) is 4.36. The van der Waals surface area contributed by atoms with E-state index in [4.69, 9.17) is 23.2 Å². The highest BCUT2D eigenvalue weighted by molar-refractivity contribution is 6.18. The maximum Gasteiger partial charge on any atom is 0.246 e. The molecule has 0 radical (unpaired) electrons. The maximum absolute atomic E-state index is 11.0. The molecule has 0 spiro atoms. The number of amides is 1. The third kappa shape index (κ3) is 4.27. The SMILES string of the molecule is C=CC(=O)N(CCCl)CCCl. The highest BCUT2D eigenvalue weighted by Crippen LogP contribution is 1.93. The predicted octanol–water partition coefficient (Wildman–Crippen LogP) is 1.48. The number of hydrogen-bond acceptors (Lipinski definition) is 1. The monoisotopic (exact) mass is 195 g/mol. The lowest BCUT2D eigenvalue weighted by molar-refractivity contribution is -0.125. The van der Waals surface area contributed by atoms with Crippen LogP contribution >= 0.6 is 23.2 Å². The van der Waals surface area contributed by atoms with Gasteiger partial charge >= 0.3 is 0 Å². The van der Waals surface area contributed by atoms with Gasteiger partial charge < -0.3 is 4.90 Å². The smallest absolute Gasteiger partial charge is 0.246 e. The third-order valence-corrected chi connectivity index (χ3v) is 1.53. The van der Waals surface area contributed by atoms with E-state index in [9.17, 15) is 4.79 Å². The van der Waals surface area contributed by atoms with E-state index in [-0.39, 0.29) is 5.91 Å². The molecule has 0 aliphatic heterocycles. The van der Waals surface area contributed by atoms with E-state index >= 15 is 0 Å². The summed E-state index contributed by atoms with van der Waals surface area (Å²) in [6.45, 7) is 4.42. The summed E-state index contributed by atoms with van der Waals surface area (Å²) in [6.07, 6.45) is 1.26. The second-order valence-electron chi connectivity index (χ2n) is 1.91. The van der Waals surface area contributed by atoms with Gasteiger partial charge in [-0.1, -0.05) is 6.58 Å². The molecule has 1 amide bonds. The summed E-state index contributed by atoms with van der Waals surface area (Å²) >= 11 is 10.9. The number of halogens is 2. The number of carbonyl (C=O) groups is 1. The molecule has 0 saturated heterocycles. The molecular weight excluding hydrogens is 185 g/mol. The van der Waals surface area contributed by atoms with Crippen molar-refractivity contribution in [3.05, 3.63) is 12.7 Å². The molecule has 2 nitrogen and oxygen atoms in total. The lowest BCUT2D eigenvalue weighted by atomic mass is 10.4. The topological polar surface area (TPSA) is 20.3 Å². The summed E-state index contributed by atoms with van der Waals surface area (Å²) in [6, 6.07) is 0. The summed E-state index contributed by atoms with van der Waals surface area (Å²) in [5.74, 6) is 0.735. The summed E-state index contributed by atoms with van der Waals surface area (Å²) in [7, 11) is 0. The Labute approximate surface area is 76.8 Å². The first kappa shape index (κ1) is 10.8. The minimum atomic E-state index is -0.119. The minimum Gasteiger partial charge on any atom is -0.337 e. The first-order chi connectivity index (χ1) is 5.26. The molecule has 0 unspecified atom stereocenters. The van der Waals surface area contributed by atoms with Crippen molar-refractivity contribution in [2.24, 2.45) is 0 Å². The molecule has 11 heavy (non-hydrogen) atoms. The summed E-state index contributed by atoms with van der Waals surface area (Å²) in [5.41, 5.74) is 0. The second kappa shape index (κ2) is 6.50. The minimum absolute atomic E-state index is 0.119. The van der Waals surface area contributed by atoms with E-state index in [0.717, 1.165) is 0 Å². The first-order valence-electron chi connectivity index (χ1n) is 3.29. The quantitative estimate of drug-likeness (QED) is 0.481. The fraction of sp³-hybridized carbons (Fsp3) is 0.571. The third-order valence-electron chi connectivity index (χ3n) is 1.20. The summed E-state index contributed by atoms with van der Waals surface area (Å²) in [5, 5.41) is 0. The van der Waals surface area contributed by atoms with Crippen LogP contribution in [0.15, 0.2) is 12.7 Å². The molecule has 0 heterocycles. The van der Waals surface area contributed by atoms with Crippen LogP contribution in [0.4, 0.5) is 0 Å². The Morgan fingerprint density at radius 2 is 1.82 bits per heavy atom. The van der Waals surface area contributed by atoms with Crippen molar-refractivity contribution in [2.75, 3.05) is 24.8 Å². The van der Waals surface area contributed by atoms with Crippen molar-refractivity contribution in [1.29, 1.82) is 0 Å². The summed E-state index contributed by atoms with van der Waals surface area (Å²) < 4.78 is 0. The second-order valence-corrected chi connectivity index (χ2v) is 2.66. The van der Waals surface area contributed by atoms with Crippen LogP contribution in [0.1, 0.15) is 0 Å². The van der Waals surface area contributed by atoms with Gasteiger partial charge in [0.05, 0.1) is 0 Å². The van der Waals surface area contributed by atoms with Crippen LogP contribution in [0.3, 0.4) is 0 Å². The normalized spacial score (nSPS) is 9.27. The van der Waals surface area contributed by atoms with Crippen molar-refractivity contribution >= 4 is 29.1 Å². The van der Waals surface area contributed by atoms with Crippen LogP contribution in [0.2, 0.25) is 0 Å². The molecule has 0 aliphatic rings. The molecule has 64 valence electrons. The van der Waals surface area contributed by atoms with Gasteiger partial charge in [-0.15, -0.1) is 23.2 Å². The molecule has 0 aromatic carbocycles. The van der Waals surface area contributed by atoms with E-state index in [2.05, 4.69) is 6.58 Å². The molecule has 0 N–H and O–H groups in total. The predicted molar refractivity (Wildman–Crippen MR) is 48.2 cm³/mol. The fourth-order valence-corrected chi connectivity index (χ4v) is 1.07. The Kier molecular flexibility index (Phi) is 6.37. The number of carbonyl (C=O) groups excluding carboxylic acids is 1. The van der Waals surface area contributed by atoms with Gasteiger partial charge in [-0.2, -0.15) is 0 Å². The van der Waals surface area contributed by atoms with Gasteiger partial charge in [0.1, 0.15) is 0 Å². The molecule has 0 atom stereocenters. The Morgan fingerprint density at radius 3 is 2.09 bits per heavy atom. The molecular formula is C7H11Cl2NO. The van der Waals surface area contributed by atoms with Gasteiger partial charge in [-0.25, -0.2) is 0 Å². The largest absolute Gasteiger partial charge is 0.337 e. The Hall–Kier alpha value is -0.210. The molecule has 0 aliphatic carbocycles.